The van der Waals surface area contributed by atoms with Gasteiger partial charge < -0.3 is 5.11 Å². The smallest absolute Gasteiger partial charge is 0.115 e. The summed E-state index contributed by atoms with van der Waals surface area (Å²) < 4.78 is 0. The molecule has 1 N–H and O–H groups in total. The molecule has 0 heterocycles. The second kappa shape index (κ2) is 9.66. The third-order valence-corrected chi connectivity index (χ3v) is 6.05. The van der Waals surface area contributed by atoms with E-state index in [0.717, 1.165) is 0 Å². The summed E-state index contributed by atoms with van der Waals surface area (Å²) in [5.74, 6) is 0.322. The molecular formula is C30H32O. The lowest BCUT2D eigenvalue weighted by molar-refractivity contribution is 0.475. The van der Waals surface area contributed by atoms with Crippen LogP contribution in [0.1, 0.15) is 49.9 Å². The molecule has 0 aromatic heterocycles. The molecule has 1 nitrogen and oxygen atoms in total. The Morgan fingerprint density at radius 3 is 1.06 bits per heavy atom. The maximum Gasteiger partial charge on any atom is 0.115 e. The number of hydrogen-bond donors (Lipinski definition) is 1. The van der Waals surface area contributed by atoms with Crippen LogP contribution in [0.3, 0.4) is 0 Å². The zero-order valence-corrected chi connectivity index (χ0v) is 18.9. The minimum Gasteiger partial charge on any atom is -0.508 e. The van der Waals surface area contributed by atoms with Gasteiger partial charge in [-0.3, -0.25) is 0 Å². The van der Waals surface area contributed by atoms with Crippen LogP contribution in [0.4, 0.5) is 0 Å². The largest absolute Gasteiger partial charge is 0.508 e. The number of phenolic OH excluding ortho intramolecular Hbond substituents is 1. The Morgan fingerprint density at radius 1 is 0.419 bits per heavy atom. The second-order valence-electron chi connectivity index (χ2n) is 8.90. The lowest BCUT2D eigenvalue weighted by atomic mass is 9.73. The molecule has 0 aliphatic rings. The van der Waals surface area contributed by atoms with Crippen molar-refractivity contribution in [1.82, 2.24) is 0 Å². The first-order chi connectivity index (χ1) is 14.8. The van der Waals surface area contributed by atoms with Crippen LogP contribution in [0.25, 0.3) is 0 Å². The van der Waals surface area contributed by atoms with Crippen molar-refractivity contribution in [2.24, 2.45) is 0 Å². The molecule has 4 aromatic rings. The highest BCUT2D eigenvalue weighted by atomic mass is 16.3. The van der Waals surface area contributed by atoms with Gasteiger partial charge in [-0.1, -0.05) is 131 Å². The fourth-order valence-electron chi connectivity index (χ4n) is 3.77. The molecular weight excluding hydrogens is 376 g/mol. The van der Waals surface area contributed by atoms with Crippen LogP contribution >= 0.6 is 0 Å². The van der Waals surface area contributed by atoms with E-state index in [1.165, 1.54) is 22.3 Å². The Labute approximate surface area is 187 Å². The van der Waals surface area contributed by atoms with Crippen LogP contribution in [0.2, 0.25) is 0 Å². The van der Waals surface area contributed by atoms with Gasteiger partial charge in [-0.15, -0.1) is 0 Å². The monoisotopic (exact) mass is 408 g/mol. The summed E-state index contributed by atoms with van der Waals surface area (Å²) in [7, 11) is 0. The average Bonchev–Trinajstić information content (AvgIpc) is 2.81. The van der Waals surface area contributed by atoms with E-state index in [-0.39, 0.29) is 10.8 Å². The Hall–Kier alpha value is -3.32. The second-order valence-corrected chi connectivity index (χ2v) is 8.90. The number of phenols is 1. The van der Waals surface area contributed by atoms with Crippen molar-refractivity contribution in [1.29, 1.82) is 0 Å². The van der Waals surface area contributed by atoms with E-state index in [1.807, 2.05) is 6.07 Å². The van der Waals surface area contributed by atoms with Crippen molar-refractivity contribution in [3.63, 3.8) is 0 Å². The predicted molar refractivity (Wildman–Crippen MR) is 132 cm³/mol. The molecule has 0 fully saturated rings. The zero-order valence-electron chi connectivity index (χ0n) is 18.9. The van der Waals surface area contributed by atoms with Gasteiger partial charge in [-0.05, 0) is 34.4 Å². The lowest BCUT2D eigenvalue weighted by Gasteiger charge is -2.30. The summed E-state index contributed by atoms with van der Waals surface area (Å²) in [4.78, 5) is 0. The lowest BCUT2D eigenvalue weighted by Crippen LogP contribution is -2.22. The van der Waals surface area contributed by atoms with Gasteiger partial charge in [0.1, 0.15) is 5.75 Å². The maximum atomic E-state index is 8.63. The summed E-state index contributed by atoms with van der Waals surface area (Å²) in [6.07, 6.45) is 0. The Balaban J connectivity index is 0.000000330. The Kier molecular flexibility index (Phi) is 6.97. The Bertz CT molecular complexity index is 998. The molecule has 0 atom stereocenters. The highest BCUT2D eigenvalue weighted by Gasteiger charge is 2.27. The number of rotatable bonds is 4. The first-order valence-corrected chi connectivity index (χ1v) is 10.8. The fourth-order valence-corrected chi connectivity index (χ4v) is 3.77. The van der Waals surface area contributed by atoms with Crippen LogP contribution in [0.5, 0.6) is 5.75 Å². The van der Waals surface area contributed by atoms with E-state index in [2.05, 4.69) is 113 Å². The van der Waals surface area contributed by atoms with Gasteiger partial charge in [-0.25, -0.2) is 0 Å². The van der Waals surface area contributed by atoms with Crippen molar-refractivity contribution in [2.75, 3.05) is 0 Å². The van der Waals surface area contributed by atoms with Gasteiger partial charge in [-0.2, -0.15) is 0 Å². The minimum atomic E-state index is -0.00988. The van der Waals surface area contributed by atoms with E-state index in [0.29, 0.717) is 5.75 Å². The van der Waals surface area contributed by atoms with Gasteiger partial charge in [0.2, 0.25) is 0 Å². The first kappa shape index (κ1) is 22.4. The zero-order chi connectivity index (χ0) is 22.3. The third kappa shape index (κ3) is 5.44. The van der Waals surface area contributed by atoms with Gasteiger partial charge in [0, 0.05) is 10.8 Å². The molecule has 0 aliphatic carbocycles. The molecule has 31 heavy (non-hydrogen) atoms. The molecule has 0 radical (unpaired) electrons. The van der Waals surface area contributed by atoms with E-state index in [4.69, 9.17) is 5.11 Å². The van der Waals surface area contributed by atoms with Crippen LogP contribution in [0, 0.1) is 0 Å². The Morgan fingerprint density at radius 2 is 0.742 bits per heavy atom. The SMILES string of the molecule is CC(C)(c1ccccc1)c1cccc(C(C)(C)c2ccccc2)c1.Oc1ccccc1. The van der Waals surface area contributed by atoms with Gasteiger partial charge in [0.25, 0.3) is 0 Å². The van der Waals surface area contributed by atoms with E-state index in [1.54, 1.807) is 24.3 Å². The first-order valence-electron chi connectivity index (χ1n) is 10.8. The molecule has 0 saturated carbocycles. The average molecular weight is 409 g/mol. The number of para-hydroxylation sites is 1. The molecule has 0 unspecified atom stereocenters. The molecule has 1 heteroatoms. The summed E-state index contributed by atoms with van der Waals surface area (Å²) in [6.45, 7) is 9.21. The maximum absolute atomic E-state index is 8.63. The molecule has 4 rings (SSSR count). The van der Waals surface area contributed by atoms with Crippen LogP contribution in [-0.4, -0.2) is 5.11 Å². The predicted octanol–water partition coefficient (Wildman–Crippen LogP) is 7.73. The molecule has 0 saturated heterocycles. The highest BCUT2D eigenvalue weighted by molar-refractivity contribution is 5.44. The normalized spacial score (nSPS) is 11.4. The molecule has 0 bridgehead atoms. The molecule has 0 aliphatic heterocycles. The van der Waals surface area contributed by atoms with Crippen molar-refractivity contribution >= 4 is 0 Å². The topological polar surface area (TPSA) is 20.2 Å². The summed E-state index contributed by atoms with van der Waals surface area (Å²) >= 11 is 0. The molecule has 158 valence electrons. The minimum absolute atomic E-state index is 0.00988. The third-order valence-electron chi connectivity index (χ3n) is 6.05. The van der Waals surface area contributed by atoms with Crippen molar-refractivity contribution in [3.8, 4) is 5.75 Å². The van der Waals surface area contributed by atoms with Crippen LogP contribution in [-0.2, 0) is 10.8 Å². The van der Waals surface area contributed by atoms with Gasteiger partial charge in [0.05, 0.1) is 0 Å². The number of aromatic hydroxyl groups is 1. The number of benzene rings is 4. The molecule has 0 spiro atoms. The summed E-state index contributed by atoms with van der Waals surface area (Å²) in [5, 5.41) is 8.63. The fraction of sp³-hybridized carbons (Fsp3) is 0.200. The standard InChI is InChI=1S/C24H26.C6H6O/c1-23(2,19-12-7-5-8-13-19)21-16-11-17-22(18-21)24(3,4)20-14-9-6-10-15-20;7-6-4-2-1-3-5-6/h5-18H,1-4H3;1-5,7H. The summed E-state index contributed by atoms with van der Waals surface area (Å²) in [5.41, 5.74) is 5.39. The molecule has 0 amide bonds. The summed E-state index contributed by atoms with van der Waals surface area (Å²) in [6, 6.07) is 39.3. The van der Waals surface area contributed by atoms with Crippen LogP contribution < -0.4 is 0 Å². The van der Waals surface area contributed by atoms with Crippen LogP contribution in [0.15, 0.2) is 115 Å². The van der Waals surface area contributed by atoms with E-state index >= 15 is 0 Å². The van der Waals surface area contributed by atoms with Gasteiger partial charge >= 0.3 is 0 Å². The van der Waals surface area contributed by atoms with Crippen molar-refractivity contribution < 1.29 is 5.11 Å². The van der Waals surface area contributed by atoms with Crippen molar-refractivity contribution in [2.45, 2.75) is 38.5 Å². The quantitative estimate of drug-likeness (QED) is 0.366. The van der Waals surface area contributed by atoms with E-state index in [9.17, 15) is 0 Å². The molecule has 4 aromatic carbocycles. The van der Waals surface area contributed by atoms with E-state index < -0.39 is 0 Å². The van der Waals surface area contributed by atoms with Crippen molar-refractivity contribution in [3.05, 3.63) is 138 Å². The number of hydrogen-bond acceptors (Lipinski definition) is 1. The van der Waals surface area contributed by atoms with Gasteiger partial charge in [0.15, 0.2) is 0 Å². The highest BCUT2D eigenvalue weighted by Crippen LogP contribution is 2.36.